The van der Waals surface area contributed by atoms with Gasteiger partial charge in [-0.05, 0) is 41.3 Å². The van der Waals surface area contributed by atoms with E-state index in [1.807, 2.05) is 0 Å². The number of hydrogen-bond acceptors (Lipinski definition) is 5. The fraction of sp³-hybridized carbons (Fsp3) is 0.400. The van der Waals surface area contributed by atoms with E-state index < -0.39 is 0 Å². The second-order valence-corrected chi connectivity index (χ2v) is 7.23. The lowest BCUT2D eigenvalue weighted by molar-refractivity contribution is 0.134. The maximum atomic E-state index is 5.77. The number of benzene rings is 2. The number of nitrogens with zero attached hydrogens (tertiary/aromatic N) is 1. The Bertz CT molecular complexity index is 894. The van der Waals surface area contributed by atoms with Gasteiger partial charge in [0.1, 0.15) is 0 Å². The van der Waals surface area contributed by atoms with Gasteiger partial charge < -0.3 is 18.9 Å². The Morgan fingerprint density at radius 2 is 1.72 bits per heavy atom. The summed E-state index contributed by atoms with van der Waals surface area (Å²) < 4.78 is 22.5. The Hall–Kier alpha value is -2.40. The molecule has 2 atom stereocenters. The highest BCUT2D eigenvalue weighted by molar-refractivity contribution is 5.57. The molecular weight excluding hydrogens is 318 g/mol. The summed E-state index contributed by atoms with van der Waals surface area (Å²) >= 11 is 0. The first-order valence-electron chi connectivity index (χ1n) is 8.87. The summed E-state index contributed by atoms with van der Waals surface area (Å²) in [6, 6.07) is 9.01. The third-order valence-electron chi connectivity index (χ3n) is 6.02. The minimum Gasteiger partial charge on any atom is -0.454 e. The van der Waals surface area contributed by atoms with Crippen LogP contribution in [0.3, 0.4) is 0 Å². The fourth-order valence-corrected chi connectivity index (χ4v) is 4.86. The maximum absolute atomic E-state index is 5.77. The van der Waals surface area contributed by atoms with E-state index >= 15 is 0 Å². The molecule has 0 N–H and O–H groups in total. The summed E-state index contributed by atoms with van der Waals surface area (Å²) in [5, 5.41) is 0. The van der Waals surface area contributed by atoms with E-state index in [1.54, 1.807) is 0 Å². The van der Waals surface area contributed by atoms with Gasteiger partial charge in [0.2, 0.25) is 13.6 Å². The van der Waals surface area contributed by atoms with Crippen molar-refractivity contribution in [2.45, 2.75) is 31.8 Å². The fourth-order valence-electron chi connectivity index (χ4n) is 4.86. The highest BCUT2D eigenvalue weighted by atomic mass is 16.7. The third-order valence-corrected chi connectivity index (χ3v) is 6.02. The van der Waals surface area contributed by atoms with Crippen molar-refractivity contribution >= 4 is 0 Å². The summed E-state index contributed by atoms with van der Waals surface area (Å²) in [6.07, 6.45) is 1.04. The SMILES string of the molecule is C[C@H]1c2ccc3c(c2CN2CCc4cc5c(cc4[C@@H]12)OCO5)OCO3. The number of rotatable bonds is 0. The van der Waals surface area contributed by atoms with Crippen LogP contribution in [-0.4, -0.2) is 25.0 Å². The Balaban J connectivity index is 1.49. The van der Waals surface area contributed by atoms with Crippen LogP contribution in [0, 0.1) is 0 Å². The van der Waals surface area contributed by atoms with Gasteiger partial charge in [-0.3, -0.25) is 4.90 Å². The molecule has 0 aromatic heterocycles. The highest BCUT2D eigenvalue weighted by Gasteiger charge is 2.40. The van der Waals surface area contributed by atoms with Crippen LogP contribution in [-0.2, 0) is 13.0 Å². The minimum atomic E-state index is 0.328. The summed E-state index contributed by atoms with van der Waals surface area (Å²) in [6.45, 7) is 4.93. The first kappa shape index (κ1) is 13.8. The molecule has 4 aliphatic rings. The summed E-state index contributed by atoms with van der Waals surface area (Å²) in [5.41, 5.74) is 5.44. The summed E-state index contributed by atoms with van der Waals surface area (Å²) in [7, 11) is 0. The van der Waals surface area contributed by atoms with E-state index in [1.165, 1.54) is 22.3 Å². The van der Waals surface area contributed by atoms with Gasteiger partial charge in [0.05, 0.1) is 0 Å². The number of hydrogen-bond donors (Lipinski definition) is 0. The molecule has 2 aromatic rings. The quantitative estimate of drug-likeness (QED) is 0.737. The van der Waals surface area contributed by atoms with Crippen LogP contribution in [0.25, 0.3) is 0 Å². The molecule has 0 saturated heterocycles. The van der Waals surface area contributed by atoms with Crippen molar-refractivity contribution in [1.29, 1.82) is 0 Å². The maximum Gasteiger partial charge on any atom is 0.231 e. The van der Waals surface area contributed by atoms with Gasteiger partial charge >= 0.3 is 0 Å². The molecule has 0 saturated carbocycles. The monoisotopic (exact) mass is 337 g/mol. The van der Waals surface area contributed by atoms with E-state index in [4.69, 9.17) is 18.9 Å². The summed E-state index contributed by atoms with van der Waals surface area (Å²) in [4.78, 5) is 2.57. The van der Waals surface area contributed by atoms with Crippen LogP contribution in [0.15, 0.2) is 24.3 Å². The Morgan fingerprint density at radius 3 is 2.64 bits per heavy atom. The van der Waals surface area contributed by atoms with Gasteiger partial charge in [0.15, 0.2) is 23.0 Å². The molecule has 0 unspecified atom stereocenters. The lowest BCUT2D eigenvalue weighted by atomic mass is 9.77. The molecule has 0 spiro atoms. The number of fused-ring (bicyclic) bond motifs is 7. The predicted octanol–water partition coefficient (Wildman–Crippen LogP) is 3.36. The zero-order valence-electron chi connectivity index (χ0n) is 14.1. The molecule has 2 aromatic carbocycles. The van der Waals surface area contributed by atoms with Crippen molar-refractivity contribution in [1.82, 2.24) is 4.90 Å². The predicted molar refractivity (Wildman–Crippen MR) is 90.4 cm³/mol. The zero-order valence-corrected chi connectivity index (χ0v) is 14.1. The Kier molecular flexibility index (Phi) is 2.67. The van der Waals surface area contributed by atoms with Crippen molar-refractivity contribution in [2.75, 3.05) is 20.1 Å². The lowest BCUT2D eigenvalue weighted by Gasteiger charge is -2.45. The first-order chi connectivity index (χ1) is 12.3. The van der Waals surface area contributed by atoms with Gasteiger partial charge in [-0.25, -0.2) is 0 Å². The van der Waals surface area contributed by atoms with E-state index in [-0.39, 0.29) is 0 Å². The van der Waals surface area contributed by atoms with Crippen LogP contribution < -0.4 is 18.9 Å². The van der Waals surface area contributed by atoms with Crippen molar-refractivity contribution in [3.05, 3.63) is 46.5 Å². The molecule has 4 heterocycles. The van der Waals surface area contributed by atoms with Crippen LogP contribution in [0.4, 0.5) is 0 Å². The minimum absolute atomic E-state index is 0.328. The molecular formula is C20H19NO4. The lowest BCUT2D eigenvalue weighted by Crippen LogP contribution is -2.41. The van der Waals surface area contributed by atoms with Gasteiger partial charge in [-0.2, -0.15) is 0 Å². The van der Waals surface area contributed by atoms with Crippen molar-refractivity contribution in [3.8, 4) is 23.0 Å². The molecule has 4 aliphatic heterocycles. The largest absolute Gasteiger partial charge is 0.454 e. The van der Waals surface area contributed by atoms with Gasteiger partial charge in [-0.15, -0.1) is 0 Å². The third kappa shape index (κ3) is 1.82. The van der Waals surface area contributed by atoms with Crippen LogP contribution in [0.1, 0.15) is 41.1 Å². The number of ether oxygens (including phenoxy) is 4. The van der Waals surface area contributed by atoms with E-state index in [9.17, 15) is 0 Å². The van der Waals surface area contributed by atoms with Crippen molar-refractivity contribution < 1.29 is 18.9 Å². The highest BCUT2D eigenvalue weighted by Crippen LogP contribution is 2.52. The molecule has 0 bridgehead atoms. The second-order valence-electron chi connectivity index (χ2n) is 7.23. The molecule has 128 valence electrons. The molecule has 0 amide bonds. The average Bonchev–Trinajstić information content (AvgIpc) is 3.28. The van der Waals surface area contributed by atoms with E-state index in [0.717, 1.165) is 42.5 Å². The molecule has 5 nitrogen and oxygen atoms in total. The van der Waals surface area contributed by atoms with Crippen LogP contribution in [0.2, 0.25) is 0 Å². The molecule has 0 fully saturated rings. The molecule has 0 aliphatic carbocycles. The van der Waals surface area contributed by atoms with Crippen LogP contribution in [0.5, 0.6) is 23.0 Å². The van der Waals surface area contributed by atoms with Crippen molar-refractivity contribution in [2.24, 2.45) is 0 Å². The van der Waals surface area contributed by atoms with Gasteiger partial charge in [0, 0.05) is 30.6 Å². The van der Waals surface area contributed by atoms with E-state index in [2.05, 4.69) is 36.1 Å². The Morgan fingerprint density at radius 1 is 0.920 bits per heavy atom. The van der Waals surface area contributed by atoms with E-state index in [0.29, 0.717) is 25.5 Å². The molecule has 5 heteroatoms. The first-order valence-corrected chi connectivity index (χ1v) is 8.87. The van der Waals surface area contributed by atoms with Crippen molar-refractivity contribution in [3.63, 3.8) is 0 Å². The Labute approximate surface area is 146 Å². The average molecular weight is 337 g/mol. The standard InChI is InChI=1S/C20H19NO4/c1-11-13-2-3-16-20(25-10-22-16)15(13)8-21-5-4-12-6-17-18(24-9-23-17)7-14(12)19(11)21/h2-3,6-7,11,19H,4-5,8-10H2,1H3/t11-,19+/m0/s1. The zero-order chi connectivity index (χ0) is 16.5. The second kappa shape index (κ2) is 4.82. The van der Waals surface area contributed by atoms with Gasteiger partial charge in [-0.1, -0.05) is 13.0 Å². The topological polar surface area (TPSA) is 40.2 Å². The normalized spacial score (nSPS) is 25.3. The van der Waals surface area contributed by atoms with Gasteiger partial charge in [0.25, 0.3) is 0 Å². The molecule has 0 radical (unpaired) electrons. The summed E-state index contributed by atoms with van der Waals surface area (Å²) in [5.74, 6) is 3.98. The smallest absolute Gasteiger partial charge is 0.231 e. The molecule has 6 rings (SSSR count). The van der Waals surface area contributed by atoms with Crippen LogP contribution >= 0.6 is 0 Å². The molecule has 25 heavy (non-hydrogen) atoms.